The average Bonchev–Trinajstić information content (AvgIpc) is 2.85. The van der Waals surface area contributed by atoms with Crippen molar-refractivity contribution >= 4 is 5.91 Å². The molecule has 1 fully saturated rings. The van der Waals surface area contributed by atoms with Gasteiger partial charge >= 0.3 is 0 Å². The molecule has 1 aromatic carbocycles. The number of aliphatic hydroxyl groups is 1. The fourth-order valence-corrected chi connectivity index (χ4v) is 2.88. The van der Waals surface area contributed by atoms with Crippen molar-refractivity contribution in [3.8, 4) is 0 Å². The minimum absolute atomic E-state index is 0.0218. The number of carbonyl (C=O) groups is 1. The number of benzene rings is 1. The van der Waals surface area contributed by atoms with Gasteiger partial charge in [0, 0.05) is 6.54 Å². The number of nitrogens with one attached hydrogen (secondary N) is 1. The highest BCUT2D eigenvalue weighted by molar-refractivity contribution is 5.85. The van der Waals surface area contributed by atoms with Gasteiger partial charge in [-0.15, -0.1) is 0 Å². The van der Waals surface area contributed by atoms with E-state index < -0.39 is 5.60 Å². The molecule has 0 aliphatic heterocycles. The molecular weight excluding hydrogens is 250 g/mol. The van der Waals surface area contributed by atoms with E-state index in [4.69, 9.17) is 0 Å². The zero-order chi connectivity index (χ0) is 14.6. The Hall–Kier alpha value is -1.35. The lowest BCUT2D eigenvalue weighted by Crippen LogP contribution is -2.47. The van der Waals surface area contributed by atoms with Gasteiger partial charge in [-0.25, -0.2) is 0 Å². The van der Waals surface area contributed by atoms with Crippen molar-refractivity contribution in [2.24, 2.45) is 5.41 Å². The Balaban J connectivity index is 1.87. The summed E-state index contributed by atoms with van der Waals surface area (Å²) in [5.74, 6) is -0.198. The topological polar surface area (TPSA) is 49.3 Å². The maximum Gasteiger partial charge on any atom is 0.251 e. The Morgan fingerprint density at radius 3 is 2.45 bits per heavy atom. The summed E-state index contributed by atoms with van der Waals surface area (Å²) in [4.78, 5) is 12.1. The molecule has 0 atom stereocenters. The maximum absolute atomic E-state index is 12.1. The van der Waals surface area contributed by atoms with Crippen LogP contribution in [0.25, 0.3) is 0 Å². The van der Waals surface area contributed by atoms with E-state index in [0.717, 1.165) is 19.3 Å². The van der Waals surface area contributed by atoms with Crippen molar-refractivity contribution in [2.75, 3.05) is 6.54 Å². The Kier molecular flexibility index (Phi) is 4.48. The van der Waals surface area contributed by atoms with Gasteiger partial charge < -0.3 is 10.4 Å². The molecule has 0 spiro atoms. The maximum atomic E-state index is 12.1. The van der Waals surface area contributed by atoms with E-state index in [2.05, 4.69) is 31.3 Å². The highest BCUT2D eigenvalue weighted by atomic mass is 16.3. The van der Waals surface area contributed by atoms with Gasteiger partial charge in [-0.05, 0) is 43.1 Å². The van der Waals surface area contributed by atoms with Crippen LogP contribution in [0.15, 0.2) is 30.3 Å². The first kappa shape index (κ1) is 15.0. The van der Waals surface area contributed by atoms with Crippen LogP contribution in [-0.2, 0) is 11.2 Å². The lowest BCUT2D eigenvalue weighted by atomic mass is 9.85. The lowest BCUT2D eigenvalue weighted by molar-refractivity contribution is -0.139. The van der Waals surface area contributed by atoms with E-state index in [1.807, 2.05) is 18.2 Å². The second-order valence-corrected chi connectivity index (χ2v) is 6.75. The minimum atomic E-state index is -1.12. The van der Waals surface area contributed by atoms with Gasteiger partial charge in [0.05, 0.1) is 0 Å². The SMILES string of the molecule is CC(C)(CNC(=O)C1(O)CCCC1)Cc1ccccc1. The average molecular weight is 275 g/mol. The molecule has 0 saturated heterocycles. The standard InChI is InChI=1S/C17H25NO2/c1-16(2,12-14-8-4-3-5-9-14)13-18-15(19)17(20)10-6-7-11-17/h3-5,8-9,20H,6-7,10-13H2,1-2H3,(H,18,19). The van der Waals surface area contributed by atoms with Crippen LogP contribution < -0.4 is 5.32 Å². The molecule has 0 bridgehead atoms. The van der Waals surface area contributed by atoms with Crippen LogP contribution >= 0.6 is 0 Å². The number of hydrogen-bond donors (Lipinski definition) is 2. The molecule has 2 rings (SSSR count). The molecule has 20 heavy (non-hydrogen) atoms. The smallest absolute Gasteiger partial charge is 0.251 e. The quantitative estimate of drug-likeness (QED) is 0.868. The third-order valence-corrected chi connectivity index (χ3v) is 4.11. The predicted octanol–water partition coefficient (Wildman–Crippen LogP) is 2.68. The molecule has 1 saturated carbocycles. The van der Waals surface area contributed by atoms with E-state index in [0.29, 0.717) is 19.4 Å². The molecule has 3 nitrogen and oxygen atoms in total. The van der Waals surface area contributed by atoms with E-state index in [1.165, 1.54) is 5.56 Å². The third-order valence-electron chi connectivity index (χ3n) is 4.11. The van der Waals surface area contributed by atoms with E-state index in [1.54, 1.807) is 0 Å². The summed E-state index contributed by atoms with van der Waals surface area (Å²) < 4.78 is 0. The fraction of sp³-hybridized carbons (Fsp3) is 0.588. The number of carbonyl (C=O) groups excluding carboxylic acids is 1. The third kappa shape index (κ3) is 3.83. The van der Waals surface area contributed by atoms with E-state index >= 15 is 0 Å². The molecule has 1 amide bonds. The van der Waals surface area contributed by atoms with Gasteiger partial charge in [0.2, 0.25) is 0 Å². The van der Waals surface area contributed by atoms with Crippen LogP contribution in [0.3, 0.4) is 0 Å². The van der Waals surface area contributed by atoms with Crippen molar-refractivity contribution in [2.45, 2.75) is 51.6 Å². The van der Waals surface area contributed by atoms with Gasteiger partial charge in [0.15, 0.2) is 0 Å². The summed E-state index contributed by atoms with van der Waals surface area (Å²) in [5, 5.41) is 13.2. The lowest BCUT2D eigenvalue weighted by Gasteiger charge is -2.28. The van der Waals surface area contributed by atoms with Gasteiger partial charge in [-0.2, -0.15) is 0 Å². The van der Waals surface area contributed by atoms with Crippen molar-refractivity contribution in [3.63, 3.8) is 0 Å². The van der Waals surface area contributed by atoms with Crippen LogP contribution in [0, 0.1) is 5.41 Å². The Morgan fingerprint density at radius 2 is 1.85 bits per heavy atom. The molecule has 3 heteroatoms. The van der Waals surface area contributed by atoms with E-state index in [9.17, 15) is 9.90 Å². The molecule has 0 radical (unpaired) electrons. The molecular formula is C17H25NO2. The molecule has 1 aliphatic rings. The highest BCUT2D eigenvalue weighted by Crippen LogP contribution is 2.30. The Bertz CT molecular complexity index is 447. The summed E-state index contributed by atoms with van der Waals surface area (Å²) in [5.41, 5.74) is 0.126. The van der Waals surface area contributed by atoms with Crippen molar-refractivity contribution in [1.82, 2.24) is 5.32 Å². The number of amides is 1. The fourth-order valence-electron chi connectivity index (χ4n) is 2.88. The minimum Gasteiger partial charge on any atom is -0.380 e. The number of rotatable bonds is 5. The van der Waals surface area contributed by atoms with Gasteiger partial charge in [0.1, 0.15) is 5.60 Å². The molecule has 1 aromatic rings. The van der Waals surface area contributed by atoms with Crippen molar-refractivity contribution in [1.29, 1.82) is 0 Å². The van der Waals surface area contributed by atoms with E-state index in [-0.39, 0.29) is 11.3 Å². The van der Waals surface area contributed by atoms with Crippen LogP contribution in [-0.4, -0.2) is 23.2 Å². The summed E-state index contributed by atoms with van der Waals surface area (Å²) in [6.07, 6.45) is 3.98. The van der Waals surface area contributed by atoms with Crippen LogP contribution in [0.2, 0.25) is 0 Å². The molecule has 2 N–H and O–H groups in total. The normalized spacial score (nSPS) is 17.9. The molecule has 0 aromatic heterocycles. The largest absolute Gasteiger partial charge is 0.380 e. The van der Waals surface area contributed by atoms with Crippen LogP contribution in [0.1, 0.15) is 45.1 Å². The van der Waals surface area contributed by atoms with Gasteiger partial charge in [0.25, 0.3) is 5.91 Å². The molecule has 0 heterocycles. The molecule has 1 aliphatic carbocycles. The summed E-state index contributed by atoms with van der Waals surface area (Å²) in [7, 11) is 0. The van der Waals surface area contributed by atoms with Crippen LogP contribution in [0.5, 0.6) is 0 Å². The summed E-state index contributed by atoms with van der Waals surface area (Å²) in [6, 6.07) is 10.3. The second kappa shape index (κ2) is 5.96. The zero-order valence-corrected chi connectivity index (χ0v) is 12.5. The molecule has 110 valence electrons. The predicted molar refractivity (Wildman–Crippen MR) is 80.4 cm³/mol. The number of hydrogen-bond acceptors (Lipinski definition) is 2. The first-order valence-corrected chi connectivity index (χ1v) is 7.46. The first-order chi connectivity index (χ1) is 9.41. The summed E-state index contributed by atoms with van der Waals surface area (Å²) >= 11 is 0. The second-order valence-electron chi connectivity index (χ2n) is 6.75. The van der Waals surface area contributed by atoms with Gasteiger partial charge in [-0.1, -0.05) is 44.2 Å². The zero-order valence-electron chi connectivity index (χ0n) is 12.5. The van der Waals surface area contributed by atoms with Crippen LogP contribution in [0.4, 0.5) is 0 Å². The highest BCUT2D eigenvalue weighted by Gasteiger charge is 2.39. The van der Waals surface area contributed by atoms with Crippen molar-refractivity contribution < 1.29 is 9.90 Å². The first-order valence-electron chi connectivity index (χ1n) is 7.46. The Morgan fingerprint density at radius 1 is 1.25 bits per heavy atom. The van der Waals surface area contributed by atoms with Crippen molar-refractivity contribution in [3.05, 3.63) is 35.9 Å². The molecule has 0 unspecified atom stereocenters. The van der Waals surface area contributed by atoms with Gasteiger partial charge in [-0.3, -0.25) is 4.79 Å². The summed E-state index contributed by atoms with van der Waals surface area (Å²) in [6.45, 7) is 4.86. The monoisotopic (exact) mass is 275 g/mol. The Labute approximate surface area is 121 Å².